The van der Waals surface area contributed by atoms with Crippen molar-refractivity contribution in [3.05, 3.63) is 58.6 Å². The minimum atomic E-state index is 0.0414. The van der Waals surface area contributed by atoms with E-state index in [1.54, 1.807) is 7.11 Å². The quantitative estimate of drug-likeness (QED) is 0.881. The van der Waals surface area contributed by atoms with Crippen LogP contribution in [0.2, 0.25) is 5.02 Å². The molecule has 4 heteroatoms. The van der Waals surface area contributed by atoms with Crippen molar-refractivity contribution in [2.75, 3.05) is 19.0 Å². The van der Waals surface area contributed by atoms with Crippen molar-refractivity contribution in [2.45, 2.75) is 13.0 Å². The van der Waals surface area contributed by atoms with E-state index in [4.69, 9.17) is 22.1 Å². The summed E-state index contributed by atoms with van der Waals surface area (Å²) in [5.74, 6) is 0.836. The summed E-state index contributed by atoms with van der Waals surface area (Å²) in [6.07, 6.45) is 0. The third kappa shape index (κ3) is 3.44. The van der Waals surface area contributed by atoms with Crippen LogP contribution in [0.1, 0.15) is 17.2 Å². The lowest BCUT2D eigenvalue weighted by atomic mass is 10.1. The molecule has 0 aliphatic rings. The summed E-state index contributed by atoms with van der Waals surface area (Å²) in [5, 5.41) is 4.15. The van der Waals surface area contributed by atoms with E-state index in [2.05, 4.69) is 5.32 Å². The fourth-order valence-corrected chi connectivity index (χ4v) is 2.18. The number of ether oxygens (including phenoxy) is 1. The summed E-state index contributed by atoms with van der Waals surface area (Å²) < 4.78 is 5.16. The molecule has 3 nitrogen and oxygen atoms in total. The summed E-state index contributed by atoms with van der Waals surface area (Å²) in [6, 6.07) is 13.9. The Morgan fingerprint density at radius 1 is 1.20 bits per heavy atom. The number of hydrogen-bond acceptors (Lipinski definition) is 3. The SMILES string of the molecule is COc1ccc(C(CN)Nc2ccc(C)c(Cl)c2)cc1. The molecule has 0 aliphatic heterocycles. The largest absolute Gasteiger partial charge is 0.497 e. The van der Waals surface area contributed by atoms with Gasteiger partial charge in [0.2, 0.25) is 0 Å². The zero-order chi connectivity index (χ0) is 14.5. The van der Waals surface area contributed by atoms with Gasteiger partial charge < -0.3 is 15.8 Å². The maximum atomic E-state index is 6.14. The lowest BCUT2D eigenvalue weighted by molar-refractivity contribution is 0.414. The highest BCUT2D eigenvalue weighted by Crippen LogP contribution is 2.25. The number of halogens is 1. The van der Waals surface area contributed by atoms with Crippen molar-refractivity contribution in [1.29, 1.82) is 0 Å². The van der Waals surface area contributed by atoms with Gasteiger partial charge in [-0.1, -0.05) is 29.8 Å². The molecule has 0 heterocycles. The normalized spacial score (nSPS) is 12.0. The van der Waals surface area contributed by atoms with E-state index in [1.807, 2.05) is 49.4 Å². The molecule has 3 N–H and O–H groups in total. The molecular weight excluding hydrogens is 272 g/mol. The first-order valence-electron chi connectivity index (χ1n) is 6.50. The molecule has 0 amide bonds. The highest BCUT2D eigenvalue weighted by Gasteiger charge is 2.10. The Hall–Kier alpha value is -1.71. The third-order valence-corrected chi connectivity index (χ3v) is 3.67. The first-order valence-corrected chi connectivity index (χ1v) is 6.88. The number of aryl methyl sites for hydroxylation is 1. The minimum Gasteiger partial charge on any atom is -0.497 e. The van der Waals surface area contributed by atoms with Gasteiger partial charge in [0, 0.05) is 17.3 Å². The fourth-order valence-electron chi connectivity index (χ4n) is 2.00. The van der Waals surface area contributed by atoms with Gasteiger partial charge in [-0.25, -0.2) is 0 Å². The van der Waals surface area contributed by atoms with Gasteiger partial charge in [-0.2, -0.15) is 0 Å². The second-order valence-electron chi connectivity index (χ2n) is 4.67. The van der Waals surface area contributed by atoms with Crippen LogP contribution in [0.3, 0.4) is 0 Å². The third-order valence-electron chi connectivity index (χ3n) is 3.27. The predicted octanol–water partition coefficient (Wildman–Crippen LogP) is 3.77. The lowest BCUT2D eigenvalue weighted by Crippen LogP contribution is -2.20. The number of rotatable bonds is 5. The van der Waals surface area contributed by atoms with Crippen LogP contribution in [0.5, 0.6) is 5.75 Å². The van der Waals surface area contributed by atoms with Crippen molar-refractivity contribution in [3.8, 4) is 5.75 Å². The second kappa shape index (κ2) is 6.64. The molecule has 0 bridgehead atoms. The molecule has 20 heavy (non-hydrogen) atoms. The van der Waals surface area contributed by atoms with Gasteiger partial charge >= 0.3 is 0 Å². The smallest absolute Gasteiger partial charge is 0.118 e. The average molecular weight is 291 g/mol. The molecule has 0 radical (unpaired) electrons. The number of benzene rings is 2. The summed E-state index contributed by atoms with van der Waals surface area (Å²) in [7, 11) is 1.65. The lowest BCUT2D eigenvalue weighted by Gasteiger charge is -2.19. The Labute approximate surface area is 124 Å². The molecule has 106 valence electrons. The van der Waals surface area contributed by atoms with E-state index in [-0.39, 0.29) is 6.04 Å². The fraction of sp³-hybridized carbons (Fsp3) is 0.250. The number of hydrogen-bond donors (Lipinski definition) is 2. The van der Waals surface area contributed by atoms with Crippen LogP contribution < -0.4 is 15.8 Å². The monoisotopic (exact) mass is 290 g/mol. The Morgan fingerprint density at radius 2 is 1.90 bits per heavy atom. The molecule has 0 fully saturated rings. The van der Waals surface area contributed by atoms with Crippen molar-refractivity contribution in [2.24, 2.45) is 5.73 Å². The van der Waals surface area contributed by atoms with Crippen LogP contribution in [0, 0.1) is 6.92 Å². The summed E-state index contributed by atoms with van der Waals surface area (Å²) in [4.78, 5) is 0. The molecular formula is C16H19ClN2O. The van der Waals surface area contributed by atoms with E-state index in [1.165, 1.54) is 0 Å². The first-order chi connectivity index (χ1) is 9.63. The number of methoxy groups -OCH3 is 1. The number of nitrogens with two attached hydrogens (primary N) is 1. The van der Waals surface area contributed by atoms with Crippen LogP contribution in [0.25, 0.3) is 0 Å². The Bertz CT molecular complexity index is 569. The Balaban J connectivity index is 2.16. The van der Waals surface area contributed by atoms with Gasteiger partial charge in [0.15, 0.2) is 0 Å². The topological polar surface area (TPSA) is 47.3 Å². The zero-order valence-electron chi connectivity index (χ0n) is 11.7. The van der Waals surface area contributed by atoms with Crippen molar-refractivity contribution in [1.82, 2.24) is 0 Å². The predicted molar refractivity (Wildman–Crippen MR) is 84.6 cm³/mol. The first kappa shape index (κ1) is 14.7. The standard InChI is InChI=1S/C16H19ClN2O/c1-11-3-6-13(9-15(11)17)19-16(10-18)12-4-7-14(20-2)8-5-12/h3-9,16,19H,10,18H2,1-2H3. The Kier molecular flexibility index (Phi) is 4.88. The molecule has 2 rings (SSSR count). The van der Waals surface area contributed by atoms with Crippen molar-refractivity contribution >= 4 is 17.3 Å². The van der Waals surface area contributed by atoms with E-state index >= 15 is 0 Å². The summed E-state index contributed by atoms with van der Waals surface area (Å²) in [6.45, 7) is 2.48. The van der Waals surface area contributed by atoms with Crippen molar-refractivity contribution in [3.63, 3.8) is 0 Å². The second-order valence-corrected chi connectivity index (χ2v) is 5.08. The van der Waals surface area contributed by atoms with Gasteiger partial charge in [-0.3, -0.25) is 0 Å². The van der Waals surface area contributed by atoms with Gasteiger partial charge in [0.25, 0.3) is 0 Å². The number of nitrogens with one attached hydrogen (secondary N) is 1. The molecule has 1 unspecified atom stereocenters. The highest BCUT2D eigenvalue weighted by molar-refractivity contribution is 6.31. The molecule has 0 saturated heterocycles. The van der Waals surface area contributed by atoms with Crippen LogP contribution in [0.4, 0.5) is 5.69 Å². The van der Waals surface area contributed by atoms with Crippen molar-refractivity contribution < 1.29 is 4.74 Å². The van der Waals surface area contributed by atoms with E-state index < -0.39 is 0 Å². The molecule has 0 spiro atoms. The van der Waals surface area contributed by atoms with Gasteiger partial charge in [0.05, 0.1) is 13.2 Å². The van der Waals surface area contributed by atoms with Crippen LogP contribution in [-0.2, 0) is 0 Å². The maximum absolute atomic E-state index is 6.14. The van der Waals surface area contributed by atoms with Crippen LogP contribution in [0.15, 0.2) is 42.5 Å². The Morgan fingerprint density at radius 3 is 2.45 bits per heavy atom. The zero-order valence-corrected chi connectivity index (χ0v) is 12.4. The average Bonchev–Trinajstić information content (AvgIpc) is 2.48. The number of anilines is 1. The van der Waals surface area contributed by atoms with E-state index in [0.29, 0.717) is 6.54 Å². The molecule has 2 aromatic rings. The molecule has 0 aromatic heterocycles. The maximum Gasteiger partial charge on any atom is 0.118 e. The molecule has 0 saturated carbocycles. The molecule has 2 aromatic carbocycles. The summed E-state index contributed by atoms with van der Waals surface area (Å²) >= 11 is 6.14. The molecule has 1 atom stereocenters. The van der Waals surface area contributed by atoms with Gasteiger partial charge in [-0.15, -0.1) is 0 Å². The minimum absolute atomic E-state index is 0.0414. The van der Waals surface area contributed by atoms with E-state index in [9.17, 15) is 0 Å². The van der Waals surface area contributed by atoms with Crippen LogP contribution in [-0.4, -0.2) is 13.7 Å². The van der Waals surface area contributed by atoms with Crippen LogP contribution >= 0.6 is 11.6 Å². The molecule has 0 aliphatic carbocycles. The van der Waals surface area contributed by atoms with Gasteiger partial charge in [-0.05, 0) is 42.3 Å². The van der Waals surface area contributed by atoms with Gasteiger partial charge in [0.1, 0.15) is 5.75 Å². The van der Waals surface area contributed by atoms with E-state index in [0.717, 1.165) is 27.6 Å². The summed E-state index contributed by atoms with van der Waals surface area (Å²) in [5.41, 5.74) is 9.01. The highest BCUT2D eigenvalue weighted by atomic mass is 35.5.